The highest BCUT2D eigenvalue weighted by molar-refractivity contribution is 6.30. The number of nitrogens with zero attached hydrogens (tertiary/aromatic N) is 2. The third-order valence-corrected chi connectivity index (χ3v) is 5.88. The van der Waals surface area contributed by atoms with Crippen LogP contribution in [0.2, 0.25) is 5.02 Å². The van der Waals surface area contributed by atoms with Gasteiger partial charge in [0, 0.05) is 10.4 Å². The number of rotatable bonds is 5. The van der Waals surface area contributed by atoms with Crippen LogP contribution in [-0.4, -0.2) is 15.7 Å². The lowest BCUT2D eigenvalue weighted by molar-refractivity contribution is 0.0927. The van der Waals surface area contributed by atoms with E-state index in [9.17, 15) is 9.59 Å². The quantitative estimate of drug-likeness (QED) is 0.489. The highest BCUT2D eigenvalue weighted by Crippen LogP contribution is 2.41. The molecule has 5 rings (SSSR count). The molecule has 4 aromatic rings. The molecule has 1 saturated carbocycles. The molecule has 1 aliphatic rings. The van der Waals surface area contributed by atoms with Crippen LogP contribution in [0.1, 0.15) is 34.9 Å². The molecule has 1 heterocycles. The molecular weight excluding hydrogens is 410 g/mol. The number of hydrogen-bond acceptors (Lipinski definition) is 3. The maximum Gasteiger partial charge on any atom is 0.279 e. The van der Waals surface area contributed by atoms with E-state index in [4.69, 9.17) is 11.6 Å². The lowest BCUT2D eigenvalue weighted by Crippen LogP contribution is -2.33. The minimum atomic E-state index is -0.298. The van der Waals surface area contributed by atoms with Crippen molar-refractivity contribution < 1.29 is 4.79 Å². The maximum absolute atomic E-state index is 13.4. The second-order valence-corrected chi connectivity index (χ2v) is 8.22. The average molecular weight is 430 g/mol. The molecule has 1 aliphatic carbocycles. The molecular formula is C25H20ClN3O2. The molecule has 0 bridgehead atoms. The zero-order valence-electron chi connectivity index (χ0n) is 16.7. The van der Waals surface area contributed by atoms with Crippen LogP contribution >= 0.6 is 11.6 Å². The molecule has 0 saturated heterocycles. The van der Waals surface area contributed by atoms with Crippen molar-refractivity contribution in [3.8, 4) is 5.69 Å². The van der Waals surface area contributed by atoms with E-state index in [-0.39, 0.29) is 23.2 Å². The van der Waals surface area contributed by atoms with Crippen molar-refractivity contribution in [2.75, 3.05) is 0 Å². The lowest BCUT2D eigenvalue weighted by atomic mass is 10.0. The number of para-hydroxylation sites is 1. The van der Waals surface area contributed by atoms with Gasteiger partial charge in [-0.3, -0.25) is 9.59 Å². The van der Waals surface area contributed by atoms with E-state index >= 15 is 0 Å². The molecule has 1 N–H and O–H groups in total. The number of carbonyl (C=O) groups excluding carboxylic acids is 1. The van der Waals surface area contributed by atoms with Crippen LogP contribution < -0.4 is 10.9 Å². The summed E-state index contributed by atoms with van der Waals surface area (Å²) in [4.78, 5) is 26.5. The SMILES string of the molecule is O=C(N[C@H](c1ccc(Cl)cc1)C1CC1)c1nn(-c2ccccc2)c(=O)c2ccccc12. The summed E-state index contributed by atoms with van der Waals surface area (Å²) in [6.07, 6.45) is 2.12. The molecule has 154 valence electrons. The van der Waals surface area contributed by atoms with Gasteiger partial charge in [-0.1, -0.05) is 60.1 Å². The third-order valence-electron chi connectivity index (χ3n) is 5.63. The molecule has 1 fully saturated rings. The number of carbonyl (C=O) groups is 1. The highest BCUT2D eigenvalue weighted by atomic mass is 35.5. The van der Waals surface area contributed by atoms with Crippen molar-refractivity contribution in [2.45, 2.75) is 18.9 Å². The first kappa shape index (κ1) is 19.5. The Balaban J connectivity index is 1.59. The Kier molecular flexibility index (Phi) is 5.04. The average Bonchev–Trinajstić information content (AvgIpc) is 3.64. The number of benzene rings is 3. The number of hydrogen-bond donors (Lipinski definition) is 1. The van der Waals surface area contributed by atoms with Crippen LogP contribution in [0.3, 0.4) is 0 Å². The lowest BCUT2D eigenvalue weighted by Gasteiger charge is -2.19. The van der Waals surface area contributed by atoms with Crippen molar-refractivity contribution in [1.29, 1.82) is 0 Å². The van der Waals surface area contributed by atoms with Crippen LogP contribution in [0.5, 0.6) is 0 Å². The van der Waals surface area contributed by atoms with Crippen LogP contribution in [0, 0.1) is 5.92 Å². The number of halogens is 1. The van der Waals surface area contributed by atoms with E-state index in [1.807, 2.05) is 48.5 Å². The molecule has 5 nitrogen and oxygen atoms in total. The van der Waals surface area contributed by atoms with Crippen molar-refractivity contribution in [3.05, 3.63) is 105 Å². The first-order valence-corrected chi connectivity index (χ1v) is 10.6. The number of fused-ring (bicyclic) bond motifs is 1. The summed E-state index contributed by atoms with van der Waals surface area (Å²) in [6.45, 7) is 0. The second kappa shape index (κ2) is 8.00. The summed E-state index contributed by atoms with van der Waals surface area (Å²) >= 11 is 6.04. The van der Waals surface area contributed by atoms with Gasteiger partial charge in [0.15, 0.2) is 5.69 Å². The molecule has 6 heteroatoms. The second-order valence-electron chi connectivity index (χ2n) is 7.79. The molecule has 1 amide bonds. The largest absolute Gasteiger partial charge is 0.344 e. The highest BCUT2D eigenvalue weighted by Gasteiger charge is 2.34. The minimum Gasteiger partial charge on any atom is -0.344 e. The predicted molar refractivity (Wildman–Crippen MR) is 122 cm³/mol. The molecule has 31 heavy (non-hydrogen) atoms. The fraction of sp³-hybridized carbons (Fsp3) is 0.160. The summed E-state index contributed by atoms with van der Waals surface area (Å²) in [5.41, 5.74) is 1.61. The molecule has 0 aliphatic heterocycles. The minimum absolute atomic E-state index is 0.123. The van der Waals surface area contributed by atoms with Crippen molar-refractivity contribution >= 4 is 28.3 Å². The molecule has 3 aromatic carbocycles. The van der Waals surface area contributed by atoms with E-state index < -0.39 is 0 Å². The van der Waals surface area contributed by atoms with Gasteiger partial charge in [0.05, 0.1) is 17.1 Å². The Morgan fingerprint density at radius 2 is 1.58 bits per heavy atom. The summed E-state index contributed by atoms with van der Waals surface area (Å²) in [5, 5.41) is 9.31. The standard InChI is InChI=1S/C25H20ClN3O2/c26-18-14-12-17(13-15-18)22(16-10-11-16)27-24(30)23-20-8-4-5-9-21(20)25(31)29(28-23)19-6-2-1-3-7-19/h1-9,12-16,22H,10-11H2,(H,27,30)/t22-/m0/s1. The fourth-order valence-corrected chi connectivity index (χ4v) is 4.01. The maximum atomic E-state index is 13.4. The smallest absolute Gasteiger partial charge is 0.279 e. The van der Waals surface area contributed by atoms with Crippen molar-refractivity contribution in [3.63, 3.8) is 0 Å². The van der Waals surface area contributed by atoms with E-state index in [0.717, 1.165) is 18.4 Å². The Bertz CT molecular complexity index is 1310. The van der Waals surface area contributed by atoms with Gasteiger partial charge in [0.2, 0.25) is 0 Å². The fourth-order valence-electron chi connectivity index (χ4n) is 3.88. The van der Waals surface area contributed by atoms with E-state index in [1.165, 1.54) is 4.68 Å². The Labute approximate surface area is 184 Å². The number of amides is 1. The van der Waals surface area contributed by atoms with Gasteiger partial charge in [0.25, 0.3) is 11.5 Å². The predicted octanol–water partition coefficient (Wildman–Crippen LogP) is 4.92. The van der Waals surface area contributed by atoms with Crippen molar-refractivity contribution in [1.82, 2.24) is 15.1 Å². The van der Waals surface area contributed by atoms with E-state index in [0.29, 0.717) is 27.4 Å². The van der Waals surface area contributed by atoms with Gasteiger partial charge >= 0.3 is 0 Å². The number of aromatic nitrogens is 2. The monoisotopic (exact) mass is 429 g/mol. The van der Waals surface area contributed by atoms with Gasteiger partial charge < -0.3 is 5.32 Å². The summed E-state index contributed by atoms with van der Waals surface area (Å²) < 4.78 is 1.30. The molecule has 0 spiro atoms. The van der Waals surface area contributed by atoms with Crippen LogP contribution in [0.4, 0.5) is 0 Å². The van der Waals surface area contributed by atoms with Gasteiger partial charge in [-0.15, -0.1) is 0 Å². The number of nitrogens with one attached hydrogen (secondary N) is 1. The van der Waals surface area contributed by atoms with Gasteiger partial charge in [0.1, 0.15) is 0 Å². The molecule has 0 radical (unpaired) electrons. The molecule has 0 unspecified atom stereocenters. The van der Waals surface area contributed by atoms with Gasteiger partial charge in [-0.2, -0.15) is 9.78 Å². The first-order chi connectivity index (χ1) is 15.1. The van der Waals surface area contributed by atoms with E-state index in [1.54, 1.807) is 30.3 Å². The van der Waals surface area contributed by atoms with Crippen LogP contribution in [0.15, 0.2) is 83.7 Å². The zero-order valence-corrected chi connectivity index (χ0v) is 17.4. The van der Waals surface area contributed by atoms with Crippen LogP contribution in [-0.2, 0) is 0 Å². The normalized spacial score (nSPS) is 14.4. The van der Waals surface area contributed by atoms with Gasteiger partial charge in [-0.25, -0.2) is 0 Å². The summed E-state index contributed by atoms with van der Waals surface area (Å²) in [6, 6.07) is 23.7. The summed E-state index contributed by atoms with van der Waals surface area (Å²) in [5.74, 6) is 0.0872. The Morgan fingerprint density at radius 1 is 0.935 bits per heavy atom. The van der Waals surface area contributed by atoms with Gasteiger partial charge in [-0.05, 0) is 54.7 Å². The zero-order chi connectivity index (χ0) is 21.4. The molecule has 1 atom stereocenters. The first-order valence-electron chi connectivity index (χ1n) is 10.3. The Hall–Kier alpha value is -3.44. The Morgan fingerprint density at radius 3 is 2.26 bits per heavy atom. The van der Waals surface area contributed by atoms with E-state index in [2.05, 4.69) is 10.4 Å². The summed E-state index contributed by atoms with van der Waals surface area (Å²) in [7, 11) is 0. The topological polar surface area (TPSA) is 64.0 Å². The third kappa shape index (κ3) is 3.84. The van der Waals surface area contributed by atoms with Crippen molar-refractivity contribution in [2.24, 2.45) is 5.92 Å². The molecule has 1 aromatic heterocycles. The van der Waals surface area contributed by atoms with Crippen LogP contribution in [0.25, 0.3) is 16.5 Å².